The Morgan fingerprint density at radius 1 is 1.08 bits per heavy atom. The van der Waals surface area contributed by atoms with E-state index in [2.05, 4.69) is 11.9 Å². The number of ketones is 1. The fourth-order valence-electron chi connectivity index (χ4n) is 4.39. The molecule has 0 bridgehead atoms. The van der Waals surface area contributed by atoms with Crippen LogP contribution in [0.15, 0.2) is 72.3 Å². The smallest absolute Gasteiger partial charge is 0.301 e. The zero-order chi connectivity index (χ0) is 26.3. The highest BCUT2D eigenvalue weighted by Crippen LogP contribution is 2.44. The van der Waals surface area contributed by atoms with E-state index in [1.165, 1.54) is 40.5 Å². The molecule has 1 aliphatic rings. The van der Waals surface area contributed by atoms with Gasteiger partial charge in [0, 0.05) is 5.56 Å². The van der Waals surface area contributed by atoms with Crippen LogP contribution in [-0.2, 0) is 16.0 Å². The summed E-state index contributed by atoms with van der Waals surface area (Å²) < 4.78 is 20.2. The summed E-state index contributed by atoms with van der Waals surface area (Å²) >= 11 is 1.31. The quantitative estimate of drug-likeness (QED) is 0.182. The molecule has 5 rings (SSSR count). The molecule has 1 aromatic heterocycles. The minimum absolute atomic E-state index is 0.0225. The summed E-state index contributed by atoms with van der Waals surface area (Å²) in [6.45, 7) is 5.90. The Balaban J connectivity index is 1.68. The molecule has 0 saturated carbocycles. The van der Waals surface area contributed by atoms with Crippen molar-refractivity contribution >= 4 is 44.1 Å². The number of hydrogen-bond donors (Lipinski definition) is 1. The topological polar surface area (TPSA) is 79.7 Å². The van der Waals surface area contributed by atoms with Crippen molar-refractivity contribution in [3.05, 3.63) is 94.8 Å². The predicted octanol–water partition coefficient (Wildman–Crippen LogP) is 6.41. The third-order valence-corrected chi connectivity index (χ3v) is 7.20. The van der Waals surface area contributed by atoms with Crippen molar-refractivity contribution in [3.8, 4) is 5.75 Å². The van der Waals surface area contributed by atoms with Crippen LogP contribution in [0.1, 0.15) is 43.5 Å². The van der Waals surface area contributed by atoms with Crippen LogP contribution >= 0.6 is 11.3 Å². The van der Waals surface area contributed by atoms with E-state index in [9.17, 15) is 19.1 Å². The Hall–Kier alpha value is -4.04. The first kappa shape index (κ1) is 24.6. The van der Waals surface area contributed by atoms with Crippen LogP contribution in [-0.4, -0.2) is 27.9 Å². The average Bonchev–Trinajstić information content (AvgIpc) is 3.41. The first-order chi connectivity index (χ1) is 17.8. The van der Waals surface area contributed by atoms with Gasteiger partial charge < -0.3 is 9.84 Å². The van der Waals surface area contributed by atoms with E-state index in [0.717, 1.165) is 22.2 Å². The second kappa shape index (κ2) is 9.78. The number of carbonyl (C=O) groups excluding carboxylic acids is 2. The van der Waals surface area contributed by atoms with Gasteiger partial charge in [0.25, 0.3) is 5.78 Å². The van der Waals surface area contributed by atoms with E-state index in [-0.39, 0.29) is 23.0 Å². The number of thiazole rings is 1. The second-order valence-corrected chi connectivity index (χ2v) is 10.1. The molecule has 6 nitrogen and oxygen atoms in total. The Morgan fingerprint density at radius 2 is 1.78 bits per heavy atom. The number of nitrogens with zero attached hydrogens (tertiary/aromatic N) is 2. The van der Waals surface area contributed by atoms with Gasteiger partial charge in [0.05, 0.1) is 27.9 Å². The number of Topliss-reactive ketones (excluding diaryl/α,β-unsaturated/α-hetero) is 1. The van der Waals surface area contributed by atoms with Crippen molar-refractivity contribution in [1.29, 1.82) is 0 Å². The minimum Gasteiger partial charge on any atom is -0.507 e. The lowest BCUT2D eigenvalue weighted by molar-refractivity contribution is -0.132. The molecule has 37 heavy (non-hydrogen) atoms. The largest absolute Gasteiger partial charge is 0.507 e. The van der Waals surface area contributed by atoms with Crippen molar-refractivity contribution in [2.75, 3.05) is 4.90 Å². The number of aliphatic hydroxyl groups excluding tert-OH is 1. The summed E-state index contributed by atoms with van der Waals surface area (Å²) in [7, 11) is 0. The number of halogens is 1. The van der Waals surface area contributed by atoms with Gasteiger partial charge in [0.1, 0.15) is 17.3 Å². The number of aromatic nitrogens is 1. The highest BCUT2D eigenvalue weighted by Gasteiger charge is 2.48. The van der Waals surface area contributed by atoms with Gasteiger partial charge in [-0.1, -0.05) is 36.5 Å². The standard InChI is InChI=1S/C29H25FN2O4S/c1-4-17-5-14-22-23(15-17)37-29(31-22)32-25(18-8-12-21(13-9-18)36-16(2)3)24(27(34)28(32)35)26(33)19-6-10-20(30)11-7-19/h5-16,25,33H,4H2,1-3H3/b26-24+/t25-/m0/s1. The fourth-order valence-corrected chi connectivity index (χ4v) is 5.45. The molecule has 1 saturated heterocycles. The van der Waals surface area contributed by atoms with Gasteiger partial charge >= 0.3 is 5.91 Å². The molecule has 1 fully saturated rings. The Bertz CT molecular complexity index is 1520. The molecule has 188 valence electrons. The van der Waals surface area contributed by atoms with E-state index >= 15 is 0 Å². The minimum atomic E-state index is -0.927. The number of aliphatic hydroxyl groups is 1. The number of carbonyl (C=O) groups is 2. The Morgan fingerprint density at radius 3 is 2.43 bits per heavy atom. The van der Waals surface area contributed by atoms with Crippen LogP contribution in [0.2, 0.25) is 0 Å². The Labute approximate surface area is 217 Å². The van der Waals surface area contributed by atoms with Gasteiger partial charge in [-0.25, -0.2) is 9.37 Å². The summed E-state index contributed by atoms with van der Waals surface area (Å²) in [4.78, 5) is 32.8. The third kappa shape index (κ3) is 4.60. The average molecular weight is 517 g/mol. The lowest BCUT2D eigenvalue weighted by Crippen LogP contribution is -2.29. The number of benzene rings is 3. The van der Waals surface area contributed by atoms with E-state index in [0.29, 0.717) is 16.4 Å². The number of fused-ring (bicyclic) bond motifs is 1. The molecular formula is C29H25FN2O4S. The van der Waals surface area contributed by atoms with Gasteiger partial charge in [0.15, 0.2) is 5.13 Å². The maximum Gasteiger partial charge on any atom is 0.301 e. The molecule has 1 atom stereocenters. The molecule has 1 aliphatic heterocycles. The number of ether oxygens (including phenoxy) is 1. The number of rotatable bonds is 6. The van der Waals surface area contributed by atoms with Crippen molar-refractivity contribution in [2.24, 2.45) is 0 Å². The highest BCUT2D eigenvalue weighted by molar-refractivity contribution is 7.22. The summed E-state index contributed by atoms with van der Waals surface area (Å²) in [6.07, 6.45) is 0.835. The fraction of sp³-hybridized carbons (Fsp3) is 0.207. The summed E-state index contributed by atoms with van der Waals surface area (Å²) in [6, 6.07) is 17.2. The molecule has 3 aromatic carbocycles. The van der Waals surface area contributed by atoms with Crippen LogP contribution in [0.4, 0.5) is 9.52 Å². The lowest BCUT2D eigenvalue weighted by Gasteiger charge is -2.23. The summed E-state index contributed by atoms with van der Waals surface area (Å²) in [5.74, 6) is -1.83. The zero-order valence-corrected chi connectivity index (χ0v) is 21.4. The van der Waals surface area contributed by atoms with Crippen molar-refractivity contribution in [3.63, 3.8) is 0 Å². The molecule has 0 spiro atoms. The predicted molar refractivity (Wildman–Crippen MR) is 142 cm³/mol. The van der Waals surface area contributed by atoms with E-state index in [1.54, 1.807) is 24.3 Å². The SMILES string of the molecule is CCc1ccc2nc(N3C(=O)C(=O)/C(=C(/O)c4ccc(F)cc4)[C@@H]3c3ccc(OC(C)C)cc3)sc2c1. The molecule has 8 heteroatoms. The van der Waals surface area contributed by atoms with Crippen molar-refractivity contribution < 1.29 is 23.8 Å². The van der Waals surface area contributed by atoms with Crippen LogP contribution < -0.4 is 9.64 Å². The van der Waals surface area contributed by atoms with Gasteiger partial charge in [-0.15, -0.1) is 0 Å². The third-order valence-electron chi connectivity index (χ3n) is 6.19. The van der Waals surface area contributed by atoms with E-state index in [1.807, 2.05) is 32.0 Å². The van der Waals surface area contributed by atoms with Crippen molar-refractivity contribution in [1.82, 2.24) is 4.98 Å². The number of amides is 1. The molecule has 1 amide bonds. The monoisotopic (exact) mass is 516 g/mol. The zero-order valence-electron chi connectivity index (χ0n) is 20.6. The van der Waals surface area contributed by atoms with Crippen LogP contribution in [0.5, 0.6) is 5.75 Å². The van der Waals surface area contributed by atoms with Gasteiger partial charge in [-0.3, -0.25) is 14.5 Å². The summed E-state index contributed by atoms with van der Waals surface area (Å²) in [5.41, 5.74) is 2.62. The molecular weight excluding hydrogens is 491 g/mol. The molecule has 0 radical (unpaired) electrons. The molecule has 1 N–H and O–H groups in total. The normalized spacial score (nSPS) is 17.2. The first-order valence-corrected chi connectivity index (χ1v) is 12.8. The number of anilines is 1. The van der Waals surface area contributed by atoms with E-state index in [4.69, 9.17) is 4.74 Å². The van der Waals surface area contributed by atoms with Crippen LogP contribution in [0, 0.1) is 5.82 Å². The van der Waals surface area contributed by atoms with Crippen LogP contribution in [0.3, 0.4) is 0 Å². The lowest BCUT2D eigenvalue weighted by atomic mass is 9.95. The number of hydrogen-bond acceptors (Lipinski definition) is 6. The second-order valence-electron chi connectivity index (χ2n) is 9.06. The first-order valence-electron chi connectivity index (χ1n) is 12.0. The van der Waals surface area contributed by atoms with E-state index < -0.39 is 23.5 Å². The highest BCUT2D eigenvalue weighted by atomic mass is 32.1. The van der Waals surface area contributed by atoms with Gasteiger partial charge in [0.2, 0.25) is 0 Å². The maximum absolute atomic E-state index is 13.5. The van der Waals surface area contributed by atoms with Crippen LogP contribution in [0.25, 0.3) is 16.0 Å². The summed E-state index contributed by atoms with van der Waals surface area (Å²) in [5, 5.41) is 11.6. The molecule has 4 aromatic rings. The number of aryl methyl sites for hydroxylation is 1. The van der Waals surface area contributed by atoms with Gasteiger partial charge in [-0.05, 0) is 79.9 Å². The molecule has 0 unspecified atom stereocenters. The van der Waals surface area contributed by atoms with Gasteiger partial charge in [-0.2, -0.15) is 0 Å². The van der Waals surface area contributed by atoms with Crippen molar-refractivity contribution in [2.45, 2.75) is 39.3 Å². The molecule has 0 aliphatic carbocycles. The Kier molecular flexibility index (Phi) is 6.52. The maximum atomic E-state index is 13.5. The molecule has 2 heterocycles.